The maximum atomic E-state index is 12.5. The molecule has 0 fully saturated rings. The van der Waals surface area contributed by atoms with Crippen LogP contribution in [0.3, 0.4) is 0 Å². The normalized spacial score (nSPS) is 14.1. The van der Waals surface area contributed by atoms with Crippen molar-refractivity contribution in [3.05, 3.63) is 99.5 Å². The molecule has 150 valence electrons. The number of nitrogens with zero attached hydrogens (tertiary/aromatic N) is 2. The summed E-state index contributed by atoms with van der Waals surface area (Å²) in [5, 5.41) is 0. The number of fused-ring (bicyclic) bond motifs is 1. The number of benzene rings is 2. The van der Waals surface area contributed by atoms with Crippen molar-refractivity contribution >= 4 is 9.84 Å². The third-order valence-corrected chi connectivity index (χ3v) is 6.49. The largest absolute Gasteiger partial charge is 0.315 e. The quantitative estimate of drug-likeness (QED) is 0.629. The molecule has 0 aliphatic carbocycles. The van der Waals surface area contributed by atoms with Crippen molar-refractivity contribution in [3.63, 3.8) is 0 Å². The topological polar surface area (TPSA) is 59.4 Å². The minimum absolute atomic E-state index is 0.00744. The molecule has 5 nitrogen and oxygen atoms in total. The summed E-state index contributed by atoms with van der Waals surface area (Å²) in [5.74, 6) is 0. The number of pyridine rings is 1. The molecular weight excluding hydrogens is 384 g/mol. The molecule has 0 bridgehead atoms. The van der Waals surface area contributed by atoms with Crippen LogP contribution in [0, 0.1) is 0 Å². The molecule has 0 saturated carbocycles. The van der Waals surface area contributed by atoms with Gasteiger partial charge < -0.3 is 4.57 Å². The van der Waals surface area contributed by atoms with Crippen LogP contribution in [0.5, 0.6) is 0 Å². The Morgan fingerprint density at radius 3 is 2.14 bits per heavy atom. The van der Waals surface area contributed by atoms with E-state index in [4.69, 9.17) is 0 Å². The van der Waals surface area contributed by atoms with E-state index in [2.05, 4.69) is 29.2 Å². The van der Waals surface area contributed by atoms with Crippen LogP contribution in [0.4, 0.5) is 0 Å². The Kier molecular flexibility index (Phi) is 5.39. The number of aromatic nitrogens is 1. The van der Waals surface area contributed by atoms with Crippen LogP contribution in [-0.4, -0.2) is 24.1 Å². The predicted octanol–water partition coefficient (Wildman–Crippen LogP) is 3.01. The molecule has 3 aromatic rings. The van der Waals surface area contributed by atoms with Crippen molar-refractivity contribution in [2.75, 3.05) is 6.26 Å². The highest BCUT2D eigenvalue weighted by molar-refractivity contribution is 7.90. The van der Waals surface area contributed by atoms with Gasteiger partial charge in [0.05, 0.1) is 4.90 Å². The zero-order valence-corrected chi connectivity index (χ0v) is 17.2. The van der Waals surface area contributed by atoms with Gasteiger partial charge in [0.1, 0.15) is 0 Å². The van der Waals surface area contributed by atoms with Gasteiger partial charge in [0.2, 0.25) is 0 Å². The van der Waals surface area contributed by atoms with Gasteiger partial charge in [-0.05, 0) is 46.9 Å². The summed E-state index contributed by atoms with van der Waals surface area (Å²) in [4.78, 5) is 15.2. The summed E-state index contributed by atoms with van der Waals surface area (Å²) < 4.78 is 24.8. The summed E-state index contributed by atoms with van der Waals surface area (Å²) in [6.45, 7) is 3.16. The molecule has 6 heteroatoms. The van der Waals surface area contributed by atoms with Gasteiger partial charge in [-0.25, -0.2) is 8.42 Å². The fourth-order valence-corrected chi connectivity index (χ4v) is 4.39. The van der Waals surface area contributed by atoms with Crippen molar-refractivity contribution in [2.24, 2.45) is 0 Å². The van der Waals surface area contributed by atoms with Gasteiger partial charge in [0.25, 0.3) is 5.56 Å². The average Bonchev–Trinajstić information content (AvgIpc) is 3.09. The summed E-state index contributed by atoms with van der Waals surface area (Å²) in [6, 6.07) is 19.0. The predicted molar refractivity (Wildman–Crippen MR) is 113 cm³/mol. The Labute approximate surface area is 171 Å². The standard InChI is InChI=1S/C23H24N2O3S/c1-29(27,28)22-8-6-18(7-9-22)10-12-25-13-11-19(14-23(25)26)15-24-16-20-4-2-3-5-21(20)17-24/h2-9,11,13-14H,10,12,15-17H2,1H3. The summed E-state index contributed by atoms with van der Waals surface area (Å²) >= 11 is 0. The second kappa shape index (κ2) is 7.97. The number of rotatable bonds is 6. The lowest BCUT2D eigenvalue weighted by Crippen LogP contribution is -2.22. The first kappa shape index (κ1) is 19.6. The van der Waals surface area contributed by atoms with Crippen LogP contribution in [-0.2, 0) is 42.4 Å². The first-order valence-electron chi connectivity index (χ1n) is 9.66. The molecule has 0 spiro atoms. The third kappa shape index (κ3) is 4.66. The van der Waals surface area contributed by atoms with E-state index in [1.165, 1.54) is 17.4 Å². The zero-order chi connectivity index (χ0) is 20.4. The van der Waals surface area contributed by atoms with E-state index in [9.17, 15) is 13.2 Å². The van der Waals surface area contributed by atoms with Gasteiger partial charge in [-0.15, -0.1) is 0 Å². The van der Waals surface area contributed by atoms with E-state index in [1.54, 1.807) is 34.9 Å². The molecule has 4 rings (SSSR count). The van der Waals surface area contributed by atoms with Crippen LogP contribution in [0.25, 0.3) is 0 Å². The van der Waals surface area contributed by atoms with E-state index in [0.717, 1.165) is 30.8 Å². The summed E-state index contributed by atoms with van der Waals surface area (Å²) in [7, 11) is -3.18. The van der Waals surface area contributed by atoms with E-state index in [0.29, 0.717) is 17.9 Å². The number of hydrogen-bond donors (Lipinski definition) is 0. The smallest absolute Gasteiger partial charge is 0.250 e. The Bertz CT molecular complexity index is 1160. The Morgan fingerprint density at radius 2 is 1.55 bits per heavy atom. The maximum absolute atomic E-state index is 12.5. The third-order valence-electron chi connectivity index (χ3n) is 5.37. The minimum Gasteiger partial charge on any atom is -0.315 e. The second-order valence-corrected chi connectivity index (χ2v) is 9.66. The van der Waals surface area contributed by atoms with Crippen LogP contribution in [0.2, 0.25) is 0 Å². The SMILES string of the molecule is CS(=O)(=O)c1ccc(CCn2ccc(CN3Cc4ccccc4C3)cc2=O)cc1. The highest BCUT2D eigenvalue weighted by atomic mass is 32.2. The molecule has 1 aromatic heterocycles. The lowest BCUT2D eigenvalue weighted by Gasteiger charge is -2.15. The second-order valence-electron chi connectivity index (χ2n) is 7.65. The van der Waals surface area contributed by atoms with E-state index in [1.807, 2.05) is 12.3 Å². The molecule has 29 heavy (non-hydrogen) atoms. The Balaban J connectivity index is 1.37. The van der Waals surface area contributed by atoms with Crippen LogP contribution < -0.4 is 5.56 Å². The molecule has 1 aliphatic heterocycles. The van der Waals surface area contributed by atoms with Crippen LogP contribution in [0.15, 0.2) is 76.6 Å². The molecule has 2 heterocycles. The Morgan fingerprint density at radius 1 is 0.897 bits per heavy atom. The number of aryl methyl sites for hydroxylation is 2. The number of sulfone groups is 1. The molecule has 0 radical (unpaired) electrons. The van der Waals surface area contributed by atoms with Gasteiger partial charge in [-0.3, -0.25) is 9.69 Å². The van der Waals surface area contributed by atoms with E-state index >= 15 is 0 Å². The van der Waals surface area contributed by atoms with Crippen LogP contribution >= 0.6 is 0 Å². The van der Waals surface area contributed by atoms with Gasteiger partial charge >= 0.3 is 0 Å². The molecule has 0 N–H and O–H groups in total. The molecule has 0 saturated heterocycles. The first-order valence-corrected chi connectivity index (χ1v) is 11.6. The van der Waals surface area contributed by atoms with Crippen molar-refractivity contribution < 1.29 is 8.42 Å². The highest BCUT2D eigenvalue weighted by Gasteiger charge is 2.18. The molecule has 1 aliphatic rings. The van der Waals surface area contributed by atoms with Gasteiger partial charge in [0, 0.05) is 44.7 Å². The van der Waals surface area contributed by atoms with Gasteiger partial charge in [0.15, 0.2) is 9.84 Å². The maximum Gasteiger partial charge on any atom is 0.250 e. The lowest BCUT2D eigenvalue weighted by atomic mass is 10.1. The van der Waals surface area contributed by atoms with Crippen molar-refractivity contribution in [1.29, 1.82) is 0 Å². The fraction of sp³-hybridized carbons (Fsp3) is 0.261. The van der Waals surface area contributed by atoms with E-state index in [-0.39, 0.29) is 5.56 Å². The van der Waals surface area contributed by atoms with Gasteiger partial charge in [-0.1, -0.05) is 36.4 Å². The zero-order valence-electron chi connectivity index (χ0n) is 16.4. The molecule has 2 aromatic carbocycles. The van der Waals surface area contributed by atoms with E-state index < -0.39 is 9.84 Å². The molecular formula is C23H24N2O3S. The molecule has 0 atom stereocenters. The lowest BCUT2D eigenvalue weighted by molar-refractivity contribution is 0.275. The first-order chi connectivity index (χ1) is 13.9. The van der Waals surface area contributed by atoms with Crippen molar-refractivity contribution in [1.82, 2.24) is 9.47 Å². The fourth-order valence-electron chi connectivity index (χ4n) is 3.76. The highest BCUT2D eigenvalue weighted by Crippen LogP contribution is 2.23. The summed E-state index contributed by atoms with van der Waals surface area (Å²) in [5.41, 5.74) is 4.75. The van der Waals surface area contributed by atoms with Gasteiger partial charge in [-0.2, -0.15) is 0 Å². The van der Waals surface area contributed by atoms with Crippen molar-refractivity contribution in [3.8, 4) is 0 Å². The average molecular weight is 409 g/mol. The number of hydrogen-bond acceptors (Lipinski definition) is 4. The Hall–Kier alpha value is -2.70. The minimum atomic E-state index is -3.18. The van der Waals surface area contributed by atoms with Crippen LogP contribution in [0.1, 0.15) is 22.3 Å². The van der Waals surface area contributed by atoms with Crippen molar-refractivity contribution in [2.45, 2.75) is 37.5 Å². The summed E-state index contributed by atoms with van der Waals surface area (Å²) in [6.07, 6.45) is 3.72. The monoisotopic (exact) mass is 408 g/mol. The molecule has 0 amide bonds. The molecule has 0 unspecified atom stereocenters.